The van der Waals surface area contributed by atoms with Crippen LogP contribution in [0.5, 0.6) is 5.75 Å². The molecular formula is C28H33F3N2O3S. The maximum atomic E-state index is 13.5. The van der Waals surface area contributed by atoms with Gasteiger partial charge in [-0.05, 0) is 98.5 Å². The molecule has 0 spiro atoms. The Labute approximate surface area is 219 Å². The summed E-state index contributed by atoms with van der Waals surface area (Å²) in [6.07, 6.45) is 5.62. The summed E-state index contributed by atoms with van der Waals surface area (Å²) in [6, 6.07) is 7.70. The Kier molecular flexibility index (Phi) is 9.34. The first kappa shape index (κ1) is 27.7. The van der Waals surface area contributed by atoms with Crippen LogP contribution in [0.25, 0.3) is 10.9 Å². The number of ether oxygens (including phenoxy) is 1. The number of hydrogen-bond donors (Lipinski definition) is 3. The molecule has 0 amide bonds. The Bertz CT molecular complexity index is 1190. The Morgan fingerprint density at radius 3 is 2.54 bits per heavy atom. The predicted molar refractivity (Wildman–Crippen MR) is 139 cm³/mol. The number of piperidine rings is 1. The van der Waals surface area contributed by atoms with Crippen LogP contribution in [-0.4, -0.2) is 47.3 Å². The van der Waals surface area contributed by atoms with Crippen LogP contribution in [0.2, 0.25) is 0 Å². The minimum absolute atomic E-state index is 0.102. The monoisotopic (exact) mass is 534 g/mol. The fourth-order valence-electron chi connectivity index (χ4n) is 5.33. The van der Waals surface area contributed by atoms with Gasteiger partial charge in [-0.25, -0.2) is 13.2 Å². The number of aryl methyl sites for hydroxylation is 1. The molecule has 1 aliphatic heterocycles. The lowest BCUT2D eigenvalue weighted by molar-refractivity contribution is -0.00830. The fraction of sp³-hybridized carbons (Fsp3) is 0.464. The van der Waals surface area contributed by atoms with Gasteiger partial charge in [0.1, 0.15) is 5.75 Å². The highest BCUT2D eigenvalue weighted by molar-refractivity contribution is 7.99. The number of aromatic nitrogens is 1. The van der Waals surface area contributed by atoms with Crippen LogP contribution in [0, 0.1) is 22.9 Å². The number of nitrogens with one attached hydrogen (secondary N) is 1. The number of fused-ring (bicyclic) bond motifs is 1. The van der Waals surface area contributed by atoms with Crippen LogP contribution < -0.4 is 10.1 Å². The summed E-state index contributed by atoms with van der Waals surface area (Å²) in [4.78, 5) is 4.77. The average molecular weight is 535 g/mol. The minimum atomic E-state index is -1.47. The van der Waals surface area contributed by atoms with Gasteiger partial charge in [0.15, 0.2) is 17.5 Å². The SMILES string of the molecule is COc1ccc2ncc(CO)c(CCCC3(C(O)CCSc4cc(F)c(F)c(F)c4)CCNCC3)c2c1. The van der Waals surface area contributed by atoms with E-state index < -0.39 is 23.6 Å². The maximum Gasteiger partial charge on any atom is 0.194 e. The van der Waals surface area contributed by atoms with Gasteiger partial charge in [-0.2, -0.15) is 0 Å². The fourth-order valence-corrected chi connectivity index (χ4v) is 6.28. The van der Waals surface area contributed by atoms with Crippen molar-refractivity contribution in [2.45, 2.75) is 56.1 Å². The quantitative estimate of drug-likeness (QED) is 0.226. The van der Waals surface area contributed by atoms with Crippen LogP contribution in [-0.2, 0) is 13.0 Å². The highest BCUT2D eigenvalue weighted by atomic mass is 32.2. The molecule has 1 atom stereocenters. The smallest absolute Gasteiger partial charge is 0.194 e. The van der Waals surface area contributed by atoms with Crippen LogP contribution in [0.3, 0.4) is 0 Å². The molecule has 1 aromatic heterocycles. The maximum absolute atomic E-state index is 13.5. The molecule has 1 unspecified atom stereocenters. The zero-order valence-corrected chi connectivity index (χ0v) is 21.7. The molecule has 3 N–H and O–H groups in total. The predicted octanol–water partition coefficient (Wildman–Crippen LogP) is 5.39. The molecule has 0 bridgehead atoms. The number of nitrogens with zero attached hydrogens (tertiary/aromatic N) is 1. The first-order valence-electron chi connectivity index (χ1n) is 12.6. The number of halogens is 3. The molecule has 0 radical (unpaired) electrons. The lowest BCUT2D eigenvalue weighted by atomic mass is 9.69. The molecule has 4 rings (SSSR count). The normalized spacial score (nSPS) is 16.2. The summed E-state index contributed by atoms with van der Waals surface area (Å²) in [5.41, 5.74) is 2.40. The molecule has 200 valence electrons. The zero-order chi connectivity index (χ0) is 26.4. The Morgan fingerprint density at radius 1 is 1.14 bits per heavy atom. The lowest BCUT2D eigenvalue weighted by Gasteiger charge is -2.42. The molecule has 1 aliphatic rings. The van der Waals surface area contributed by atoms with Crippen molar-refractivity contribution in [3.63, 3.8) is 0 Å². The second-order valence-corrected chi connectivity index (χ2v) is 10.8. The van der Waals surface area contributed by atoms with Gasteiger partial charge in [-0.1, -0.05) is 0 Å². The van der Waals surface area contributed by atoms with E-state index in [4.69, 9.17) is 4.74 Å². The van der Waals surface area contributed by atoms with E-state index in [1.165, 1.54) is 11.8 Å². The summed E-state index contributed by atoms with van der Waals surface area (Å²) < 4.78 is 45.7. The number of thioether (sulfide) groups is 1. The number of rotatable bonds is 11. The number of benzene rings is 2. The van der Waals surface area contributed by atoms with Crippen LogP contribution in [0.4, 0.5) is 13.2 Å². The zero-order valence-electron chi connectivity index (χ0n) is 20.9. The molecule has 2 aromatic carbocycles. The van der Waals surface area contributed by atoms with E-state index in [1.807, 2.05) is 18.2 Å². The Balaban J connectivity index is 1.44. The number of pyridine rings is 1. The largest absolute Gasteiger partial charge is 0.497 e. The summed E-state index contributed by atoms with van der Waals surface area (Å²) in [7, 11) is 1.62. The van der Waals surface area contributed by atoms with Crippen LogP contribution in [0.1, 0.15) is 43.2 Å². The van der Waals surface area contributed by atoms with Crippen LogP contribution in [0.15, 0.2) is 41.4 Å². The number of methoxy groups -OCH3 is 1. The first-order chi connectivity index (χ1) is 17.9. The van der Waals surface area contributed by atoms with Crippen molar-refractivity contribution in [1.29, 1.82) is 0 Å². The van der Waals surface area contributed by atoms with Gasteiger partial charge in [0.2, 0.25) is 0 Å². The molecule has 0 aliphatic carbocycles. The number of hydrogen-bond acceptors (Lipinski definition) is 6. The van der Waals surface area contributed by atoms with Crippen molar-refractivity contribution in [3.8, 4) is 5.75 Å². The van der Waals surface area contributed by atoms with Crippen molar-refractivity contribution in [2.24, 2.45) is 5.41 Å². The molecule has 1 fully saturated rings. The minimum Gasteiger partial charge on any atom is -0.497 e. The van der Waals surface area contributed by atoms with Crippen molar-refractivity contribution in [3.05, 3.63) is 65.1 Å². The third kappa shape index (κ3) is 6.39. The van der Waals surface area contributed by atoms with Gasteiger partial charge in [0.05, 0.1) is 25.3 Å². The Morgan fingerprint density at radius 2 is 1.86 bits per heavy atom. The average Bonchev–Trinajstić information content (AvgIpc) is 2.91. The van der Waals surface area contributed by atoms with E-state index in [-0.39, 0.29) is 12.0 Å². The summed E-state index contributed by atoms with van der Waals surface area (Å²) in [6.45, 7) is 1.53. The van der Waals surface area contributed by atoms with Gasteiger partial charge in [0, 0.05) is 22.2 Å². The Hall–Kier alpha value is -2.33. The van der Waals surface area contributed by atoms with Crippen molar-refractivity contribution in [2.75, 3.05) is 26.0 Å². The van der Waals surface area contributed by atoms with Crippen molar-refractivity contribution in [1.82, 2.24) is 10.3 Å². The molecule has 0 saturated carbocycles. The summed E-state index contributed by atoms with van der Waals surface area (Å²) in [5, 5.41) is 25.5. The highest BCUT2D eigenvalue weighted by Crippen LogP contribution is 2.41. The third-order valence-corrected chi connectivity index (χ3v) is 8.48. The topological polar surface area (TPSA) is 74.6 Å². The number of aliphatic hydroxyl groups is 2. The molecular weight excluding hydrogens is 501 g/mol. The molecule has 5 nitrogen and oxygen atoms in total. The second kappa shape index (κ2) is 12.5. The van der Waals surface area contributed by atoms with Gasteiger partial charge < -0.3 is 20.3 Å². The molecule has 9 heteroatoms. The number of aliphatic hydroxyl groups excluding tert-OH is 2. The molecule has 1 saturated heterocycles. The molecule has 37 heavy (non-hydrogen) atoms. The standard InChI is InChI=1S/C28H33F3N2O3S/c1-36-19-4-5-25-22(13-19)21(18(17-34)16-33-25)3-2-7-28(8-10-32-11-9-28)26(35)6-12-37-20-14-23(29)27(31)24(30)15-20/h4-5,13-16,26,32,34-35H,2-3,6-12,17H2,1H3. The van der Waals surface area contributed by atoms with E-state index >= 15 is 0 Å². The third-order valence-electron chi connectivity index (χ3n) is 7.47. The first-order valence-corrected chi connectivity index (χ1v) is 13.6. The second-order valence-electron chi connectivity index (χ2n) is 9.62. The summed E-state index contributed by atoms with van der Waals surface area (Å²) in [5.74, 6) is -2.69. The van der Waals surface area contributed by atoms with E-state index in [0.717, 1.165) is 85.1 Å². The van der Waals surface area contributed by atoms with Crippen molar-refractivity contribution < 1.29 is 28.1 Å². The van der Waals surface area contributed by atoms with E-state index in [0.29, 0.717) is 17.1 Å². The van der Waals surface area contributed by atoms with Gasteiger partial charge in [0.25, 0.3) is 0 Å². The van der Waals surface area contributed by atoms with Crippen LogP contribution >= 0.6 is 11.8 Å². The molecule has 3 aromatic rings. The van der Waals surface area contributed by atoms with Crippen molar-refractivity contribution >= 4 is 22.7 Å². The van der Waals surface area contributed by atoms with E-state index in [2.05, 4.69) is 10.3 Å². The van der Waals surface area contributed by atoms with Gasteiger partial charge in [-0.15, -0.1) is 11.8 Å². The van der Waals surface area contributed by atoms with E-state index in [1.54, 1.807) is 13.3 Å². The van der Waals surface area contributed by atoms with E-state index in [9.17, 15) is 23.4 Å². The van der Waals surface area contributed by atoms with Gasteiger partial charge >= 0.3 is 0 Å². The lowest BCUT2D eigenvalue weighted by Crippen LogP contribution is -2.44. The summed E-state index contributed by atoms with van der Waals surface area (Å²) >= 11 is 1.21. The molecule has 2 heterocycles. The highest BCUT2D eigenvalue weighted by Gasteiger charge is 2.38. The van der Waals surface area contributed by atoms with Gasteiger partial charge in [-0.3, -0.25) is 4.98 Å².